The van der Waals surface area contributed by atoms with Gasteiger partial charge in [-0.05, 0) is 30.5 Å². The lowest BCUT2D eigenvalue weighted by Crippen LogP contribution is -2.31. The number of carbonyl (C=O) groups excluding carboxylic acids is 1. The molecule has 3 rings (SSSR count). The Morgan fingerprint density at radius 3 is 2.94 bits per heavy atom. The van der Waals surface area contributed by atoms with Crippen LogP contribution in [-0.4, -0.2) is 17.9 Å². The SMILES string of the molecule is CNC(=O)C1(c2ccc3oc(I)nc3c2)CC1. The molecular weight excluding hydrogens is 331 g/mol. The van der Waals surface area contributed by atoms with Crippen LogP contribution in [0.25, 0.3) is 11.1 Å². The molecule has 1 fully saturated rings. The van der Waals surface area contributed by atoms with E-state index in [-0.39, 0.29) is 11.3 Å². The largest absolute Gasteiger partial charge is 0.432 e. The van der Waals surface area contributed by atoms with Crippen molar-refractivity contribution >= 4 is 39.6 Å². The molecule has 0 aliphatic heterocycles. The first kappa shape index (κ1) is 11.0. The molecule has 0 spiro atoms. The van der Waals surface area contributed by atoms with E-state index in [1.54, 1.807) is 7.05 Å². The molecule has 5 heteroatoms. The third kappa shape index (κ3) is 1.64. The van der Waals surface area contributed by atoms with Gasteiger partial charge >= 0.3 is 0 Å². The summed E-state index contributed by atoms with van der Waals surface area (Å²) >= 11 is 2.04. The minimum absolute atomic E-state index is 0.0926. The Labute approximate surface area is 112 Å². The number of nitrogens with zero attached hydrogens (tertiary/aromatic N) is 1. The Balaban J connectivity index is 2.09. The van der Waals surface area contributed by atoms with E-state index in [2.05, 4.69) is 10.3 Å². The van der Waals surface area contributed by atoms with Crippen molar-refractivity contribution < 1.29 is 9.21 Å². The molecule has 1 aromatic heterocycles. The first-order chi connectivity index (χ1) is 8.15. The maximum Gasteiger partial charge on any atom is 0.258 e. The Morgan fingerprint density at radius 1 is 1.53 bits per heavy atom. The Bertz CT molecular complexity index is 602. The molecule has 1 aliphatic rings. The van der Waals surface area contributed by atoms with Gasteiger partial charge in [0, 0.05) is 29.6 Å². The second kappa shape index (κ2) is 3.69. The molecule has 0 unspecified atom stereocenters. The van der Waals surface area contributed by atoms with E-state index in [4.69, 9.17) is 4.42 Å². The number of amides is 1. The van der Waals surface area contributed by atoms with Gasteiger partial charge in [-0.25, -0.2) is 4.98 Å². The van der Waals surface area contributed by atoms with E-state index < -0.39 is 0 Å². The molecular formula is C12H11IN2O2. The van der Waals surface area contributed by atoms with Crippen molar-refractivity contribution in [1.29, 1.82) is 0 Å². The van der Waals surface area contributed by atoms with E-state index in [0.29, 0.717) is 3.90 Å². The number of likely N-dealkylation sites (N-methyl/N-ethyl adjacent to an activating group) is 1. The smallest absolute Gasteiger partial charge is 0.258 e. The predicted octanol–water partition coefficient (Wildman–Crippen LogP) is 2.21. The highest BCUT2D eigenvalue weighted by Crippen LogP contribution is 2.48. The number of carbonyl (C=O) groups is 1. The average Bonchev–Trinajstić information content (AvgIpc) is 3.04. The lowest BCUT2D eigenvalue weighted by atomic mass is 9.95. The number of hydrogen-bond donors (Lipinski definition) is 1. The van der Waals surface area contributed by atoms with Gasteiger partial charge < -0.3 is 9.73 Å². The summed E-state index contributed by atoms with van der Waals surface area (Å²) in [5.74, 6) is 0.0926. The minimum Gasteiger partial charge on any atom is -0.432 e. The van der Waals surface area contributed by atoms with Crippen LogP contribution in [-0.2, 0) is 10.2 Å². The van der Waals surface area contributed by atoms with Gasteiger partial charge in [0.15, 0.2) is 5.58 Å². The zero-order valence-corrected chi connectivity index (χ0v) is 11.4. The second-order valence-corrected chi connectivity index (χ2v) is 5.23. The summed E-state index contributed by atoms with van der Waals surface area (Å²) in [7, 11) is 1.68. The van der Waals surface area contributed by atoms with Crippen LogP contribution < -0.4 is 5.32 Å². The number of benzene rings is 1. The lowest BCUT2D eigenvalue weighted by molar-refractivity contribution is -0.123. The van der Waals surface area contributed by atoms with Crippen molar-refractivity contribution in [3.05, 3.63) is 27.7 Å². The average molecular weight is 342 g/mol. The van der Waals surface area contributed by atoms with Crippen LogP contribution in [0.15, 0.2) is 22.6 Å². The molecule has 1 amide bonds. The minimum atomic E-state index is -0.326. The highest BCUT2D eigenvalue weighted by molar-refractivity contribution is 14.1. The maximum absolute atomic E-state index is 11.9. The number of fused-ring (bicyclic) bond motifs is 1. The standard InChI is InChI=1S/C12H11IN2O2/c1-14-10(16)12(4-5-12)7-2-3-9-8(6-7)15-11(13)17-9/h2-3,6H,4-5H2,1H3,(H,14,16). The quantitative estimate of drug-likeness (QED) is 0.852. The van der Waals surface area contributed by atoms with Crippen LogP contribution in [0, 0.1) is 3.90 Å². The van der Waals surface area contributed by atoms with E-state index in [0.717, 1.165) is 29.5 Å². The summed E-state index contributed by atoms with van der Waals surface area (Å²) in [5.41, 5.74) is 2.30. The first-order valence-electron chi connectivity index (χ1n) is 5.44. The van der Waals surface area contributed by atoms with Gasteiger partial charge in [0.25, 0.3) is 3.90 Å². The Kier molecular flexibility index (Phi) is 2.39. The molecule has 1 aliphatic carbocycles. The number of aromatic nitrogens is 1. The van der Waals surface area contributed by atoms with Gasteiger partial charge in [-0.15, -0.1) is 0 Å². The zero-order valence-electron chi connectivity index (χ0n) is 9.29. The predicted molar refractivity (Wildman–Crippen MR) is 71.7 cm³/mol. The van der Waals surface area contributed by atoms with Crippen molar-refractivity contribution in [3.63, 3.8) is 0 Å². The highest BCUT2D eigenvalue weighted by atomic mass is 127. The molecule has 0 saturated heterocycles. The van der Waals surface area contributed by atoms with E-state index >= 15 is 0 Å². The normalized spacial score (nSPS) is 17.1. The fourth-order valence-corrected chi connectivity index (χ4v) is 2.71. The third-order valence-corrected chi connectivity index (χ3v) is 3.79. The molecule has 0 bridgehead atoms. The summed E-state index contributed by atoms with van der Waals surface area (Å²) in [6.45, 7) is 0. The van der Waals surface area contributed by atoms with Gasteiger partial charge in [-0.3, -0.25) is 4.79 Å². The molecule has 1 saturated carbocycles. The molecule has 0 radical (unpaired) electrons. The Morgan fingerprint density at radius 2 is 2.29 bits per heavy atom. The molecule has 1 N–H and O–H groups in total. The zero-order chi connectivity index (χ0) is 12.0. The number of rotatable bonds is 2. The van der Waals surface area contributed by atoms with Crippen LogP contribution >= 0.6 is 22.6 Å². The molecule has 17 heavy (non-hydrogen) atoms. The highest BCUT2D eigenvalue weighted by Gasteiger charge is 2.50. The summed E-state index contributed by atoms with van der Waals surface area (Å²) in [6.07, 6.45) is 1.82. The number of hydrogen-bond acceptors (Lipinski definition) is 3. The molecule has 0 atom stereocenters. The van der Waals surface area contributed by atoms with Gasteiger partial charge in [0.2, 0.25) is 5.91 Å². The van der Waals surface area contributed by atoms with Crippen LogP contribution in [0.3, 0.4) is 0 Å². The van der Waals surface area contributed by atoms with Crippen molar-refractivity contribution in [1.82, 2.24) is 10.3 Å². The topological polar surface area (TPSA) is 55.1 Å². The molecule has 2 aromatic rings. The van der Waals surface area contributed by atoms with Crippen LogP contribution in [0.2, 0.25) is 0 Å². The fourth-order valence-electron chi connectivity index (χ4n) is 2.21. The second-order valence-electron chi connectivity index (χ2n) is 4.31. The lowest BCUT2D eigenvalue weighted by Gasteiger charge is -2.13. The first-order valence-corrected chi connectivity index (χ1v) is 6.52. The number of oxazole rings is 1. The van der Waals surface area contributed by atoms with Gasteiger partial charge in [-0.1, -0.05) is 6.07 Å². The summed E-state index contributed by atoms with van der Waals surface area (Å²) in [6, 6.07) is 5.82. The summed E-state index contributed by atoms with van der Waals surface area (Å²) in [4.78, 5) is 16.2. The van der Waals surface area contributed by atoms with Crippen LogP contribution in [0.4, 0.5) is 0 Å². The fraction of sp³-hybridized carbons (Fsp3) is 0.333. The van der Waals surface area contributed by atoms with Crippen molar-refractivity contribution in [3.8, 4) is 0 Å². The van der Waals surface area contributed by atoms with Crippen molar-refractivity contribution in [2.24, 2.45) is 0 Å². The van der Waals surface area contributed by atoms with E-state index in [1.807, 2.05) is 40.8 Å². The van der Waals surface area contributed by atoms with Gasteiger partial charge in [0.05, 0.1) is 5.41 Å². The number of halogens is 1. The van der Waals surface area contributed by atoms with Gasteiger partial charge in [0.1, 0.15) is 5.52 Å². The molecule has 88 valence electrons. The van der Waals surface area contributed by atoms with E-state index in [9.17, 15) is 4.79 Å². The molecule has 1 aromatic carbocycles. The Hall–Kier alpha value is -1.11. The van der Waals surface area contributed by atoms with Crippen molar-refractivity contribution in [2.75, 3.05) is 7.05 Å². The van der Waals surface area contributed by atoms with Gasteiger partial charge in [-0.2, -0.15) is 0 Å². The monoisotopic (exact) mass is 342 g/mol. The number of nitrogens with one attached hydrogen (secondary N) is 1. The van der Waals surface area contributed by atoms with E-state index in [1.165, 1.54) is 0 Å². The summed E-state index contributed by atoms with van der Waals surface area (Å²) in [5, 5.41) is 2.74. The van der Waals surface area contributed by atoms with Crippen LogP contribution in [0.5, 0.6) is 0 Å². The third-order valence-electron chi connectivity index (χ3n) is 3.33. The maximum atomic E-state index is 11.9. The summed E-state index contributed by atoms with van der Waals surface area (Å²) < 4.78 is 6.04. The van der Waals surface area contributed by atoms with Crippen LogP contribution in [0.1, 0.15) is 18.4 Å². The molecule has 1 heterocycles. The molecule has 4 nitrogen and oxygen atoms in total. The van der Waals surface area contributed by atoms with Crippen molar-refractivity contribution in [2.45, 2.75) is 18.3 Å².